The number of hydrogen-bond donors (Lipinski definition) is 0. The summed E-state index contributed by atoms with van der Waals surface area (Å²) in [4.78, 5) is 0. The average molecular weight is 304 g/mol. The van der Waals surface area contributed by atoms with Crippen molar-refractivity contribution < 1.29 is 22.8 Å². The first kappa shape index (κ1) is 17.8. The molecule has 0 aliphatic carbocycles. The van der Waals surface area contributed by atoms with Crippen LogP contribution in [0.3, 0.4) is 0 Å². The molecule has 0 N–H and O–H groups in total. The molecule has 1 heterocycles. The minimum atomic E-state index is -2.66. The third-order valence-electron chi connectivity index (χ3n) is 2.85. The Bertz CT molecular complexity index is 264. The van der Waals surface area contributed by atoms with Crippen LogP contribution in [0.1, 0.15) is 27.7 Å². The van der Waals surface area contributed by atoms with Crippen molar-refractivity contribution in [1.29, 1.82) is 0 Å². The van der Waals surface area contributed by atoms with Crippen molar-refractivity contribution in [3.05, 3.63) is 12.2 Å². The molecule has 1 fully saturated rings. The number of allylic oxidation sites excluding steroid dienone is 1. The summed E-state index contributed by atoms with van der Waals surface area (Å²) in [5.41, 5.74) is 0. The Morgan fingerprint density at radius 2 is 1.70 bits per heavy atom. The Kier molecular flexibility index (Phi) is 8.59. The first-order chi connectivity index (χ1) is 9.69. The van der Waals surface area contributed by atoms with E-state index in [1.54, 1.807) is 0 Å². The predicted octanol–water partition coefficient (Wildman–Crippen LogP) is 2.39. The molecule has 1 aliphatic heterocycles. The van der Waals surface area contributed by atoms with Crippen LogP contribution in [0, 0.1) is 0 Å². The van der Waals surface area contributed by atoms with Crippen LogP contribution in [0.15, 0.2) is 12.2 Å². The topological polar surface area (TPSA) is 49.5 Å². The fourth-order valence-corrected chi connectivity index (χ4v) is 4.67. The van der Waals surface area contributed by atoms with Crippen LogP contribution in [-0.4, -0.2) is 54.0 Å². The summed E-state index contributed by atoms with van der Waals surface area (Å²) in [6, 6.07) is 0.638. The molecular formula is C14H28O5Si. The van der Waals surface area contributed by atoms with E-state index in [0.717, 1.165) is 6.61 Å². The monoisotopic (exact) mass is 304 g/mol. The van der Waals surface area contributed by atoms with Crippen LogP contribution < -0.4 is 0 Å². The molecule has 0 aromatic rings. The van der Waals surface area contributed by atoms with E-state index in [9.17, 15) is 0 Å². The molecule has 0 aromatic carbocycles. The third-order valence-corrected chi connectivity index (χ3v) is 5.94. The highest BCUT2D eigenvalue weighted by Crippen LogP contribution is 2.22. The van der Waals surface area contributed by atoms with Gasteiger partial charge in [0.2, 0.25) is 0 Å². The van der Waals surface area contributed by atoms with Crippen LogP contribution in [0.2, 0.25) is 6.04 Å². The van der Waals surface area contributed by atoms with Crippen molar-refractivity contribution in [3.8, 4) is 0 Å². The molecule has 0 spiro atoms. The summed E-state index contributed by atoms with van der Waals surface area (Å²) in [5, 5.41) is 0. The normalized spacial score (nSPS) is 20.5. The zero-order valence-electron chi connectivity index (χ0n) is 13.1. The van der Waals surface area contributed by atoms with Gasteiger partial charge in [0, 0.05) is 25.9 Å². The fourth-order valence-electron chi connectivity index (χ4n) is 2.00. The average Bonchev–Trinajstić information content (AvgIpc) is 3.21. The SMILES string of the molecule is CC=CC(C[Si](OCC)(OCC)OCC)OCC1CO1. The number of ether oxygens (including phenoxy) is 2. The van der Waals surface area contributed by atoms with Gasteiger partial charge in [0.15, 0.2) is 0 Å². The first-order valence-electron chi connectivity index (χ1n) is 7.47. The molecule has 6 heteroatoms. The minimum Gasteiger partial charge on any atom is -0.374 e. The Hall–Kier alpha value is -0.243. The third kappa shape index (κ3) is 6.47. The molecule has 5 nitrogen and oxygen atoms in total. The highest BCUT2D eigenvalue weighted by Gasteiger charge is 2.43. The molecule has 0 aromatic heterocycles. The summed E-state index contributed by atoms with van der Waals surface area (Å²) in [6.07, 6.45) is 4.22. The summed E-state index contributed by atoms with van der Waals surface area (Å²) >= 11 is 0. The Morgan fingerprint density at radius 3 is 2.10 bits per heavy atom. The Balaban J connectivity index is 2.63. The van der Waals surface area contributed by atoms with Crippen molar-refractivity contribution in [3.63, 3.8) is 0 Å². The lowest BCUT2D eigenvalue weighted by Crippen LogP contribution is -2.48. The molecular weight excluding hydrogens is 276 g/mol. The molecule has 0 saturated carbocycles. The van der Waals surface area contributed by atoms with E-state index < -0.39 is 8.80 Å². The van der Waals surface area contributed by atoms with E-state index >= 15 is 0 Å². The lowest BCUT2D eigenvalue weighted by molar-refractivity contribution is 0.0376. The molecule has 0 radical (unpaired) electrons. The number of hydrogen-bond acceptors (Lipinski definition) is 5. The second-order valence-corrected chi connectivity index (χ2v) is 7.18. The quantitative estimate of drug-likeness (QED) is 0.315. The van der Waals surface area contributed by atoms with Gasteiger partial charge in [-0.05, 0) is 27.7 Å². The van der Waals surface area contributed by atoms with Gasteiger partial charge in [-0.25, -0.2) is 0 Å². The second kappa shape index (κ2) is 9.65. The largest absolute Gasteiger partial charge is 0.503 e. The van der Waals surface area contributed by atoms with Crippen molar-refractivity contribution in [2.75, 3.05) is 33.0 Å². The van der Waals surface area contributed by atoms with Crippen LogP contribution in [0.5, 0.6) is 0 Å². The highest BCUT2D eigenvalue weighted by atomic mass is 28.4. The van der Waals surface area contributed by atoms with Gasteiger partial charge in [-0.15, -0.1) is 0 Å². The van der Waals surface area contributed by atoms with E-state index in [-0.39, 0.29) is 12.2 Å². The van der Waals surface area contributed by atoms with Gasteiger partial charge in [-0.3, -0.25) is 0 Å². The van der Waals surface area contributed by atoms with Crippen LogP contribution in [0.4, 0.5) is 0 Å². The van der Waals surface area contributed by atoms with Gasteiger partial charge >= 0.3 is 8.80 Å². The molecule has 0 amide bonds. The zero-order chi connectivity index (χ0) is 14.8. The van der Waals surface area contributed by atoms with E-state index in [2.05, 4.69) is 0 Å². The lowest BCUT2D eigenvalue weighted by Gasteiger charge is -2.30. The molecule has 2 atom stereocenters. The van der Waals surface area contributed by atoms with Crippen molar-refractivity contribution in [2.24, 2.45) is 0 Å². The summed E-state index contributed by atoms with van der Waals surface area (Å²) in [6.45, 7) is 11.0. The van der Waals surface area contributed by atoms with Gasteiger partial charge in [-0.1, -0.05) is 12.2 Å². The molecule has 118 valence electrons. The van der Waals surface area contributed by atoms with Gasteiger partial charge in [0.05, 0.1) is 19.3 Å². The molecule has 1 rings (SSSR count). The number of rotatable bonds is 12. The summed E-state index contributed by atoms with van der Waals surface area (Å²) < 4.78 is 28.6. The van der Waals surface area contributed by atoms with E-state index in [1.807, 2.05) is 39.8 Å². The van der Waals surface area contributed by atoms with Gasteiger partial charge in [0.1, 0.15) is 6.10 Å². The lowest BCUT2D eigenvalue weighted by atomic mass is 10.3. The second-order valence-electron chi connectivity index (χ2n) is 4.54. The molecule has 1 saturated heterocycles. The first-order valence-corrected chi connectivity index (χ1v) is 9.40. The fraction of sp³-hybridized carbons (Fsp3) is 0.857. The van der Waals surface area contributed by atoms with E-state index in [4.69, 9.17) is 22.8 Å². The standard InChI is InChI=1S/C14H28O5Si/c1-5-9-13(15-10-14-11-16-14)12-20(17-6-2,18-7-3)19-8-4/h5,9,13-14H,6-8,10-12H2,1-4H3. The van der Waals surface area contributed by atoms with Crippen molar-refractivity contribution >= 4 is 8.80 Å². The molecule has 0 bridgehead atoms. The summed E-state index contributed by atoms with van der Waals surface area (Å²) in [7, 11) is -2.66. The van der Waals surface area contributed by atoms with Gasteiger partial charge < -0.3 is 22.8 Å². The predicted molar refractivity (Wildman–Crippen MR) is 79.7 cm³/mol. The Labute approximate surface area is 123 Å². The maximum absolute atomic E-state index is 5.88. The minimum absolute atomic E-state index is 0.0551. The number of epoxide rings is 1. The zero-order valence-corrected chi connectivity index (χ0v) is 14.1. The van der Waals surface area contributed by atoms with E-state index in [0.29, 0.717) is 32.5 Å². The molecule has 1 aliphatic rings. The maximum Gasteiger partial charge on any atom is 0.503 e. The van der Waals surface area contributed by atoms with Gasteiger partial charge in [0.25, 0.3) is 0 Å². The van der Waals surface area contributed by atoms with Crippen LogP contribution >= 0.6 is 0 Å². The van der Waals surface area contributed by atoms with Crippen molar-refractivity contribution in [1.82, 2.24) is 0 Å². The van der Waals surface area contributed by atoms with E-state index in [1.165, 1.54) is 0 Å². The van der Waals surface area contributed by atoms with Crippen LogP contribution in [-0.2, 0) is 22.8 Å². The Morgan fingerprint density at radius 1 is 1.15 bits per heavy atom. The van der Waals surface area contributed by atoms with Crippen molar-refractivity contribution in [2.45, 2.75) is 45.9 Å². The smallest absolute Gasteiger partial charge is 0.374 e. The molecule has 20 heavy (non-hydrogen) atoms. The maximum atomic E-state index is 5.88. The highest BCUT2D eigenvalue weighted by molar-refractivity contribution is 6.60. The summed E-state index contributed by atoms with van der Waals surface area (Å²) in [5.74, 6) is 0. The van der Waals surface area contributed by atoms with Crippen LogP contribution in [0.25, 0.3) is 0 Å². The van der Waals surface area contributed by atoms with Gasteiger partial charge in [-0.2, -0.15) is 0 Å². The molecule has 2 unspecified atom stereocenters.